The minimum Gasteiger partial charge on any atom is -0.481 e. The standard InChI is InChI=1S/C13H19N3O2S/c1-17-9-5-3-4-8-16-12-10(14-13(16)19)6-7-11(15-12)18-2/h6-7H,3-5,8-9H2,1-2H3,(H,14,19). The van der Waals surface area contributed by atoms with E-state index in [-0.39, 0.29) is 0 Å². The maximum atomic E-state index is 5.34. The maximum Gasteiger partial charge on any atom is 0.215 e. The van der Waals surface area contributed by atoms with E-state index in [1.165, 1.54) is 0 Å². The van der Waals surface area contributed by atoms with Gasteiger partial charge in [0, 0.05) is 26.3 Å². The molecule has 0 fully saturated rings. The number of unbranched alkanes of at least 4 members (excludes halogenated alkanes) is 2. The number of imidazole rings is 1. The third-order valence-electron chi connectivity index (χ3n) is 3.03. The van der Waals surface area contributed by atoms with Gasteiger partial charge in [-0.3, -0.25) is 0 Å². The zero-order chi connectivity index (χ0) is 13.7. The Labute approximate surface area is 117 Å². The van der Waals surface area contributed by atoms with Crippen molar-refractivity contribution < 1.29 is 9.47 Å². The first-order valence-corrected chi connectivity index (χ1v) is 6.79. The lowest BCUT2D eigenvalue weighted by Crippen LogP contribution is -2.00. The molecule has 2 heterocycles. The summed E-state index contributed by atoms with van der Waals surface area (Å²) in [5.41, 5.74) is 1.80. The third kappa shape index (κ3) is 3.33. The molecule has 2 rings (SSSR count). The number of aromatic amines is 1. The van der Waals surface area contributed by atoms with Crippen LogP contribution < -0.4 is 4.74 Å². The Kier molecular flexibility index (Phi) is 4.93. The Bertz CT molecular complexity index is 591. The van der Waals surface area contributed by atoms with Crippen LogP contribution in [0.4, 0.5) is 0 Å². The normalized spacial score (nSPS) is 11.1. The summed E-state index contributed by atoms with van der Waals surface area (Å²) >= 11 is 5.34. The van der Waals surface area contributed by atoms with Gasteiger partial charge in [0.15, 0.2) is 10.4 Å². The quantitative estimate of drug-likeness (QED) is 0.626. The van der Waals surface area contributed by atoms with E-state index in [9.17, 15) is 0 Å². The molecule has 0 saturated heterocycles. The molecule has 0 aromatic carbocycles. The number of nitrogens with zero attached hydrogens (tertiary/aromatic N) is 2. The first-order chi connectivity index (χ1) is 9.26. The van der Waals surface area contributed by atoms with E-state index in [0.29, 0.717) is 10.7 Å². The van der Waals surface area contributed by atoms with E-state index >= 15 is 0 Å². The van der Waals surface area contributed by atoms with Gasteiger partial charge in [-0.1, -0.05) is 0 Å². The van der Waals surface area contributed by atoms with Crippen LogP contribution in [0.25, 0.3) is 11.2 Å². The number of aryl methyl sites for hydroxylation is 1. The number of H-pyrrole nitrogens is 1. The highest BCUT2D eigenvalue weighted by atomic mass is 32.1. The van der Waals surface area contributed by atoms with Crippen LogP contribution in [0.1, 0.15) is 19.3 Å². The Morgan fingerprint density at radius 1 is 1.26 bits per heavy atom. The predicted molar refractivity (Wildman–Crippen MR) is 77.2 cm³/mol. The van der Waals surface area contributed by atoms with Crippen LogP contribution in [-0.2, 0) is 11.3 Å². The summed E-state index contributed by atoms with van der Waals surface area (Å²) in [6.45, 7) is 1.67. The minimum absolute atomic E-state index is 0.606. The third-order valence-corrected chi connectivity index (χ3v) is 3.35. The number of rotatable bonds is 7. The number of hydrogen-bond donors (Lipinski definition) is 1. The summed E-state index contributed by atoms with van der Waals surface area (Å²) in [4.78, 5) is 7.61. The van der Waals surface area contributed by atoms with E-state index in [4.69, 9.17) is 21.7 Å². The van der Waals surface area contributed by atoms with Crippen LogP contribution in [0, 0.1) is 4.77 Å². The van der Waals surface area contributed by atoms with Crippen LogP contribution in [0.15, 0.2) is 12.1 Å². The Morgan fingerprint density at radius 3 is 2.84 bits per heavy atom. The highest BCUT2D eigenvalue weighted by Crippen LogP contribution is 2.17. The molecule has 0 aliphatic rings. The van der Waals surface area contributed by atoms with Crippen molar-refractivity contribution in [2.75, 3.05) is 20.8 Å². The van der Waals surface area contributed by atoms with Crippen molar-refractivity contribution in [2.24, 2.45) is 0 Å². The number of ether oxygens (including phenoxy) is 2. The summed E-state index contributed by atoms with van der Waals surface area (Å²) in [7, 11) is 3.34. The van der Waals surface area contributed by atoms with E-state index in [0.717, 1.165) is 43.6 Å². The summed E-state index contributed by atoms with van der Waals surface area (Å²) in [5, 5.41) is 0. The summed E-state index contributed by atoms with van der Waals surface area (Å²) in [6, 6.07) is 3.77. The number of methoxy groups -OCH3 is 2. The second kappa shape index (κ2) is 6.68. The van der Waals surface area contributed by atoms with Crippen molar-refractivity contribution in [3.63, 3.8) is 0 Å². The molecule has 2 aromatic rings. The van der Waals surface area contributed by atoms with E-state index in [1.807, 2.05) is 16.7 Å². The minimum atomic E-state index is 0.606. The molecular formula is C13H19N3O2S. The average molecular weight is 281 g/mol. The smallest absolute Gasteiger partial charge is 0.215 e. The Hall–Kier alpha value is -1.40. The van der Waals surface area contributed by atoms with E-state index in [2.05, 4.69) is 9.97 Å². The highest BCUT2D eigenvalue weighted by molar-refractivity contribution is 7.71. The maximum absolute atomic E-state index is 5.34. The summed E-state index contributed by atoms with van der Waals surface area (Å²) in [5.74, 6) is 0.606. The van der Waals surface area contributed by atoms with E-state index in [1.54, 1.807) is 14.2 Å². The fraction of sp³-hybridized carbons (Fsp3) is 0.538. The lowest BCUT2D eigenvalue weighted by atomic mass is 10.2. The van der Waals surface area contributed by atoms with Crippen LogP contribution >= 0.6 is 12.2 Å². The molecular weight excluding hydrogens is 262 g/mol. The molecule has 0 saturated carbocycles. The number of aromatic nitrogens is 3. The molecule has 0 aliphatic heterocycles. The predicted octanol–water partition coefficient (Wildman–Crippen LogP) is 2.92. The molecule has 0 bridgehead atoms. The van der Waals surface area contributed by atoms with Gasteiger partial charge in [-0.25, -0.2) is 0 Å². The van der Waals surface area contributed by atoms with Gasteiger partial charge in [-0.2, -0.15) is 4.98 Å². The van der Waals surface area contributed by atoms with E-state index < -0.39 is 0 Å². The molecule has 0 amide bonds. The SMILES string of the molecule is COCCCCCn1c(=S)[nH]c2ccc(OC)nc21. The Balaban J connectivity index is 2.12. The zero-order valence-electron chi connectivity index (χ0n) is 11.3. The van der Waals surface area contributed by atoms with Gasteiger partial charge in [0.1, 0.15) is 0 Å². The monoisotopic (exact) mass is 281 g/mol. The molecule has 2 aromatic heterocycles. The summed E-state index contributed by atoms with van der Waals surface area (Å²) < 4.78 is 12.9. The van der Waals surface area contributed by atoms with Crippen LogP contribution in [0.2, 0.25) is 0 Å². The molecule has 0 atom stereocenters. The first-order valence-electron chi connectivity index (χ1n) is 6.38. The number of nitrogens with one attached hydrogen (secondary N) is 1. The van der Waals surface area contributed by atoms with Gasteiger partial charge < -0.3 is 19.0 Å². The average Bonchev–Trinajstić information content (AvgIpc) is 2.74. The molecule has 0 spiro atoms. The molecule has 104 valence electrons. The van der Waals surface area contributed by atoms with Crippen LogP contribution in [0.5, 0.6) is 5.88 Å². The molecule has 0 aliphatic carbocycles. The highest BCUT2D eigenvalue weighted by Gasteiger charge is 2.07. The van der Waals surface area contributed by atoms with Crippen LogP contribution in [0.3, 0.4) is 0 Å². The number of pyridine rings is 1. The van der Waals surface area contributed by atoms with Gasteiger partial charge in [-0.05, 0) is 37.5 Å². The van der Waals surface area contributed by atoms with Gasteiger partial charge >= 0.3 is 0 Å². The molecule has 5 nitrogen and oxygen atoms in total. The fourth-order valence-electron chi connectivity index (χ4n) is 2.03. The van der Waals surface area contributed by atoms with Crippen molar-refractivity contribution in [2.45, 2.75) is 25.8 Å². The second-order valence-corrected chi connectivity index (χ2v) is 4.75. The van der Waals surface area contributed by atoms with Gasteiger partial charge in [0.05, 0.1) is 12.6 Å². The molecule has 0 unspecified atom stereocenters. The van der Waals surface area contributed by atoms with Crippen molar-refractivity contribution in [1.29, 1.82) is 0 Å². The van der Waals surface area contributed by atoms with Crippen LogP contribution in [-0.4, -0.2) is 35.4 Å². The fourth-order valence-corrected chi connectivity index (χ4v) is 2.32. The second-order valence-electron chi connectivity index (χ2n) is 4.36. The van der Waals surface area contributed by atoms with Crippen molar-refractivity contribution >= 4 is 23.4 Å². The van der Waals surface area contributed by atoms with Crippen molar-refractivity contribution in [3.05, 3.63) is 16.9 Å². The largest absolute Gasteiger partial charge is 0.481 e. The Morgan fingerprint density at radius 2 is 2.11 bits per heavy atom. The molecule has 6 heteroatoms. The lowest BCUT2D eigenvalue weighted by molar-refractivity contribution is 0.191. The van der Waals surface area contributed by atoms with Crippen molar-refractivity contribution in [1.82, 2.24) is 14.5 Å². The van der Waals surface area contributed by atoms with Gasteiger partial charge in [-0.15, -0.1) is 0 Å². The topological polar surface area (TPSA) is 52.1 Å². The molecule has 19 heavy (non-hydrogen) atoms. The van der Waals surface area contributed by atoms with Gasteiger partial charge in [0.2, 0.25) is 5.88 Å². The number of fused-ring (bicyclic) bond motifs is 1. The van der Waals surface area contributed by atoms with Crippen molar-refractivity contribution in [3.8, 4) is 5.88 Å². The molecule has 0 radical (unpaired) electrons. The lowest BCUT2D eigenvalue weighted by Gasteiger charge is -2.05. The zero-order valence-corrected chi connectivity index (χ0v) is 12.1. The molecule has 1 N–H and O–H groups in total. The summed E-state index contributed by atoms with van der Waals surface area (Å²) in [6.07, 6.45) is 3.25. The first kappa shape index (κ1) is 14.0. The van der Waals surface area contributed by atoms with Gasteiger partial charge in [0.25, 0.3) is 0 Å². The number of hydrogen-bond acceptors (Lipinski definition) is 4.